The van der Waals surface area contributed by atoms with Crippen molar-refractivity contribution >= 4 is 33.2 Å². The van der Waals surface area contributed by atoms with Crippen LogP contribution in [-0.4, -0.2) is 17.9 Å². The van der Waals surface area contributed by atoms with Crippen molar-refractivity contribution in [3.8, 4) is 0 Å². The van der Waals surface area contributed by atoms with E-state index < -0.39 is 5.82 Å². The first kappa shape index (κ1) is 13.2. The van der Waals surface area contributed by atoms with Gasteiger partial charge in [0.15, 0.2) is 0 Å². The molecule has 0 saturated carbocycles. The summed E-state index contributed by atoms with van der Waals surface area (Å²) in [7, 11) is 1.71. The van der Waals surface area contributed by atoms with Crippen LogP contribution in [-0.2, 0) is 6.54 Å². The second kappa shape index (κ2) is 5.63. The third-order valence-electron chi connectivity index (χ3n) is 2.53. The highest BCUT2D eigenvalue weighted by Crippen LogP contribution is 2.22. The number of hydrogen-bond acceptors (Lipinski definition) is 2. The molecule has 0 fully saturated rings. The van der Waals surface area contributed by atoms with Crippen molar-refractivity contribution in [3.63, 3.8) is 0 Å². The van der Waals surface area contributed by atoms with E-state index in [2.05, 4.69) is 15.9 Å². The van der Waals surface area contributed by atoms with E-state index in [-0.39, 0.29) is 10.4 Å². The fourth-order valence-corrected chi connectivity index (χ4v) is 2.70. The van der Waals surface area contributed by atoms with Gasteiger partial charge in [0, 0.05) is 13.6 Å². The lowest BCUT2D eigenvalue weighted by atomic mass is 10.2. The maximum Gasteiger partial charge on any atom is 0.255 e. The Morgan fingerprint density at radius 3 is 2.89 bits per heavy atom. The quantitative estimate of drug-likeness (QED) is 0.836. The summed E-state index contributed by atoms with van der Waals surface area (Å²) in [6.45, 7) is 0.519. The van der Waals surface area contributed by atoms with E-state index in [9.17, 15) is 9.18 Å². The third kappa shape index (κ3) is 2.79. The maximum atomic E-state index is 13.4. The number of hydrogen-bond donors (Lipinski definition) is 0. The third-order valence-corrected chi connectivity index (χ3v) is 4.07. The molecule has 0 aliphatic heterocycles. The highest BCUT2D eigenvalue weighted by Gasteiger charge is 2.17. The summed E-state index contributed by atoms with van der Waals surface area (Å²) in [6, 6.07) is 6.43. The van der Waals surface area contributed by atoms with E-state index in [0.717, 1.165) is 5.56 Å². The largest absolute Gasteiger partial charge is 0.337 e. The number of rotatable bonds is 3. The van der Waals surface area contributed by atoms with Gasteiger partial charge in [-0.25, -0.2) is 4.39 Å². The standard InChI is InChI=1S/C13H11BrFNOS/c1-16(7-9-5-6-18-8-9)13(17)10-3-2-4-11(15)12(10)14/h2-6,8H,7H2,1H3. The number of nitrogens with zero attached hydrogens (tertiary/aromatic N) is 1. The highest BCUT2D eigenvalue weighted by atomic mass is 79.9. The van der Waals surface area contributed by atoms with Crippen LogP contribution in [0.2, 0.25) is 0 Å². The van der Waals surface area contributed by atoms with Crippen molar-refractivity contribution in [1.82, 2.24) is 4.90 Å². The van der Waals surface area contributed by atoms with E-state index in [4.69, 9.17) is 0 Å². The molecule has 0 N–H and O–H groups in total. The minimum atomic E-state index is -0.426. The van der Waals surface area contributed by atoms with Crippen LogP contribution in [0.15, 0.2) is 39.5 Å². The van der Waals surface area contributed by atoms with Crippen LogP contribution >= 0.6 is 27.3 Å². The monoisotopic (exact) mass is 327 g/mol. The zero-order chi connectivity index (χ0) is 13.1. The number of carbonyl (C=O) groups is 1. The summed E-state index contributed by atoms with van der Waals surface area (Å²) in [5, 5.41) is 3.95. The predicted octanol–water partition coefficient (Wildman–Crippen LogP) is 3.92. The van der Waals surface area contributed by atoms with Crippen molar-refractivity contribution in [2.75, 3.05) is 7.05 Å². The van der Waals surface area contributed by atoms with Gasteiger partial charge in [0.1, 0.15) is 5.82 Å². The summed E-state index contributed by atoms with van der Waals surface area (Å²) >= 11 is 4.69. The van der Waals surface area contributed by atoms with Gasteiger partial charge in [0.05, 0.1) is 10.0 Å². The Kier molecular flexibility index (Phi) is 4.14. The van der Waals surface area contributed by atoms with Gasteiger partial charge in [-0.15, -0.1) is 0 Å². The predicted molar refractivity (Wildman–Crippen MR) is 74.2 cm³/mol. The van der Waals surface area contributed by atoms with Crippen LogP contribution < -0.4 is 0 Å². The van der Waals surface area contributed by atoms with Gasteiger partial charge in [-0.2, -0.15) is 11.3 Å². The lowest BCUT2D eigenvalue weighted by Crippen LogP contribution is -2.26. The minimum Gasteiger partial charge on any atom is -0.337 e. The molecular weight excluding hydrogens is 317 g/mol. The zero-order valence-electron chi connectivity index (χ0n) is 9.69. The van der Waals surface area contributed by atoms with E-state index in [0.29, 0.717) is 12.1 Å². The summed E-state index contributed by atoms with van der Waals surface area (Å²) in [6.07, 6.45) is 0. The van der Waals surface area contributed by atoms with E-state index >= 15 is 0 Å². The van der Waals surface area contributed by atoms with Gasteiger partial charge in [-0.3, -0.25) is 4.79 Å². The fraction of sp³-hybridized carbons (Fsp3) is 0.154. The Bertz CT molecular complexity index is 556. The Morgan fingerprint density at radius 1 is 1.44 bits per heavy atom. The molecule has 1 aromatic heterocycles. The van der Waals surface area contributed by atoms with Gasteiger partial charge >= 0.3 is 0 Å². The molecule has 0 bridgehead atoms. The topological polar surface area (TPSA) is 20.3 Å². The van der Waals surface area contributed by atoms with Crippen LogP contribution in [0.3, 0.4) is 0 Å². The maximum absolute atomic E-state index is 13.4. The van der Waals surface area contributed by atoms with E-state index in [1.165, 1.54) is 12.1 Å². The molecular formula is C13H11BrFNOS. The van der Waals surface area contributed by atoms with Gasteiger partial charge in [0.25, 0.3) is 5.91 Å². The first-order valence-corrected chi connectivity index (χ1v) is 7.03. The average molecular weight is 328 g/mol. The molecule has 1 amide bonds. The first-order valence-electron chi connectivity index (χ1n) is 5.30. The molecule has 2 nitrogen and oxygen atoms in total. The average Bonchev–Trinajstić information content (AvgIpc) is 2.84. The summed E-state index contributed by atoms with van der Waals surface area (Å²) < 4.78 is 13.6. The summed E-state index contributed by atoms with van der Waals surface area (Å²) in [5.41, 5.74) is 1.41. The van der Waals surface area contributed by atoms with Gasteiger partial charge < -0.3 is 4.90 Å². The molecule has 94 valence electrons. The van der Waals surface area contributed by atoms with Crippen LogP contribution in [0.1, 0.15) is 15.9 Å². The first-order chi connectivity index (χ1) is 8.59. The van der Waals surface area contributed by atoms with Crippen LogP contribution in [0.25, 0.3) is 0 Å². The van der Waals surface area contributed by atoms with Crippen molar-refractivity contribution in [1.29, 1.82) is 0 Å². The second-order valence-electron chi connectivity index (χ2n) is 3.89. The van der Waals surface area contributed by atoms with E-state index in [1.807, 2.05) is 16.8 Å². The molecule has 1 heterocycles. The smallest absolute Gasteiger partial charge is 0.255 e. The Labute approximate surface area is 117 Å². The lowest BCUT2D eigenvalue weighted by molar-refractivity contribution is 0.0784. The molecule has 1 aromatic carbocycles. The van der Waals surface area contributed by atoms with Gasteiger partial charge in [-0.05, 0) is 50.5 Å². The van der Waals surface area contributed by atoms with Crippen molar-refractivity contribution < 1.29 is 9.18 Å². The molecule has 2 rings (SSSR count). The molecule has 0 aliphatic carbocycles. The number of carbonyl (C=O) groups excluding carboxylic acids is 1. The van der Waals surface area contributed by atoms with Gasteiger partial charge in [-0.1, -0.05) is 6.07 Å². The van der Waals surface area contributed by atoms with Crippen LogP contribution in [0.4, 0.5) is 4.39 Å². The Balaban J connectivity index is 2.18. The highest BCUT2D eigenvalue weighted by molar-refractivity contribution is 9.10. The van der Waals surface area contributed by atoms with Crippen LogP contribution in [0.5, 0.6) is 0 Å². The number of halogens is 2. The lowest BCUT2D eigenvalue weighted by Gasteiger charge is -2.17. The van der Waals surface area contributed by atoms with Crippen molar-refractivity contribution in [2.45, 2.75) is 6.54 Å². The Hall–Kier alpha value is -1.20. The number of amides is 1. The molecule has 0 aliphatic rings. The molecule has 0 spiro atoms. The normalized spacial score (nSPS) is 10.4. The molecule has 0 unspecified atom stereocenters. The second-order valence-corrected chi connectivity index (χ2v) is 5.47. The molecule has 5 heteroatoms. The molecule has 0 atom stereocenters. The zero-order valence-corrected chi connectivity index (χ0v) is 12.1. The van der Waals surface area contributed by atoms with Crippen LogP contribution in [0, 0.1) is 5.82 Å². The SMILES string of the molecule is CN(Cc1ccsc1)C(=O)c1cccc(F)c1Br. The minimum absolute atomic E-state index is 0.201. The number of thiophene rings is 1. The molecule has 18 heavy (non-hydrogen) atoms. The summed E-state index contributed by atoms with van der Waals surface area (Å²) in [4.78, 5) is 13.7. The van der Waals surface area contributed by atoms with Crippen molar-refractivity contribution in [2.24, 2.45) is 0 Å². The molecule has 2 aromatic rings. The molecule has 0 saturated heterocycles. The summed E-state index contributed by atoms with van der Waals surface area (Å²) in [5.74, 6) is -0.627. The Morgan fingerprint density at radius 2 is 2.22 bits per heavy atom. The number of benzene rings is 1. The van der Waals surface area contributed by atoms with Gasteiger partial charge in [0.2, 0.25) is 0 Å². The van der Waals surface area contributed by atoms with E-state index in [1.54, 1.807) is 29.4 Å². The molecule has 0 radical (unpaired) electrons. The fourth-order valence-electron chi connectivity index (χ4n) is 1.60. The van der Waals surface area contributed by atoms with Crippen molar-refractivity contribution in [3.05, 3.63) is 56.4 Å².